The van der Waals surface area contributed by atoms with Gasteiger partial charge < -0.3 is 0 Å². The van der Waals surface area contributed by atoms with Crippen LogP contribution >= 0.6 is 15.9 Å². The second-order valence-electron chi connectivity index (χ2n) is 5.12. The van der Waals surface area contributed by atoms with Gasteiger partial charge in [-0.25, -0.2) is 8.78 Å². The quantitative estimate of drug-likeness (QED) is 0.712. The number of hydrogen-bond donors (Lipinski definition) is 0. The van der Waals surface area contributed by atoms with E-state index in [1.165, 1.54) is 5.56 Å². The van der Waals surface area contributed by atoms with Crippen LogP contribution in [-0.2, 0) is 5.41 Å². The molecule has 2 unspecified atom stereocenters. The van der Waals surface area contributed by atoms with Crippen molar-refractivity contribution < 1.29 is 8.78 Å². The van der Waals surface area contributed by atoms with Crippen LogP contribution in [0.1, 0.15) is 31.2 Å². The summed E-state index contributed by atoms with van der Waals surface area (Å²) >= 11 is 3.40. The summed E-state index contributed by atoms with van der Waals surface area (Å²) in [4.78, 5) is 0. The molecular weight excluding hydrogens is 274 g/mol. The summed E-state index contributed by atoms with van der Waals surface area (Å²) in [6, 6.07) is 8.17. The van der Waals surface area contributed by atoms with E-state index in [4.69, 9.17) is 0 Å². The zero-order chi connectivity index (χ0) is 11.4. The monoisotopic (exact) mass is 286 g/mol. The molecule has 1 aromatic carbocycles. The molecule has 0 amide bonds. The third-order valence-electron chi connectivity index (χ3n) is 4.13. The van der Waals surface area contributed by atoms with Gasteiger partial charge in [-0.05, 0) is 41.9 Å². The van der Waals surface area contributed by atoms with Gasteiger partial charge in [0.1, 0.15) is 0 Å². The molecule has 3 heteroatoms. The largest absolute Gasteiger partial charge is 0.248 e. The molecule has 0 bridgehead atoms. The molecule has 2 aliphatic carbocycles. The van der Waals surface area contributed by atoms with Crippen molar-refractivity contribution in [3.8, 4) is 0 Å². The molecule has 86 valence electrons. The predicted octanol–water partition coefficient (Wildman–Crippen LogP) is 4.53. The van der Waals surface area contributed by atoms with Gasteiger partial charge in [0, 0.05) is 17.3 Å². The van der Waals surface area contributed by atoms with E-state index in [1.54, 1.807) is 0 Å². The van der Waals surface area contributed by atoms with Crippen LogP contribution in [0.5, 0.6) is 0 Å². The highest BCUT2D eigenvalue weighted by Gasteiger charge is 2.61. The number of rotatable bonds is 1. The van der Waals surface area contributed by atoms with Crippen LogP contribution in [0.4, 0.5) is 8.78 Å². The predicted molar refractivity (Wildman–Crippen MR) is 62.7 cm³/mol. The Morgan fingerprint density at radius 1 is 1.06 bits per heavy atom. The fraction of sp³-hybridized carbons (Fsp3) is 0.538. The van der Waals surface area contributed by atoms with E-state index in [2.05, 4.69) is 28.1 Å². The van der Waals surface area contributed by atoms with Gasteiger partial charge in [-0.2, -0.15) is 0 Å². The number of hydrogen-bond acceptors (Lipinski definition) is 0. The van der Waals surface area contributed by atoms with E-state index < -0.39 is 5.92 Å². The van der Waals surface area contributed by atoms with Crippen molar-refractivity contribution >= 4 is 15.9 Å². The Kier molecular flexibility index (Phi) is 2.19. The Hall–Kier alpha value is -0.440. The molecule has 1 aromatic rings. The molecule has 2 atom stereocenters. The van der Waals surface area contributed by atoms with E-state index in [0.717, 1.165) is 10.9 Å². The minimum Gasteiger partial charge on any atom is -0.207 e. The highest BCUT2D eigenvalue weighted by Crippen LogP contribution is 2.65. The molecule has 2 aliphatic rings. The Morgan fingerprint density at radius 2 is 1.75 bits per heavy atom. The summed E-state index contributed by atoms with van der Waals surface area (Å²) < 4.78 is 27.5. The van der Waals surface area contributed by atoms with Gasteiger partial charge >= 0.3 is 0 Å². The molecule has 0 aromatic heterocycles. The van der Waals surface area contributed by atoms with E-state index >= 15 is 0 Å². The Morgan fingerprint density at radius 3 is 2.38 bits per heavy atom. The average molecular weight is 287 g/mol. The molecule has 0 aliphatic heterocycles. The number of alkyl halides is 2. The van der Waals surface area contributed by atoms with Gasteiger partial charge in [0.2, 0.25) is 5.92 Å². The van der Waals surface area contributed by atoms with Gasteiger partial charge in [0.05, 0.1) is 0 Å². The third kappa shape index (κ3) is 1.60. The Bertz CT molecular complexity index is 412. The molecule has 3 rings (SSSR count). The maximum atomic E-state index is 13.2. The van der Waals surface area contributed by atoms with Crippen molar-refractivity contribution in [3.05, 3.63) is 34.3 Å². The van der Waals surface area contributed by atoms with Crippen LogP contribution in [0.3, 0.4) is 0 Å². The van der Waals surface area contributed by atoms with Gasteiger partial charge in [0.25, 0.3) is 0 Å². The first-order valence-corrected chi connectivity index (χ1v) is 6.45. The second kappa shape index (κ2) is 3.28. The third-order valence-corrected chi connectivity index (χ3v) is 4.66. The van der Waals surface area contributed by atoms with Crippen LogP contribution in [0.15, 0.2) is 28.7 Å². The molecule has 2 saturated carbocycles. The van der Waals surface area contributed by atoms with Gasteiger partial charge in [-0.1, -0.05) is 28.1 Å². The average Bonchev–Trinajstić information content (AvgIpc) is 2.92. The number of benzene rings is 1. The van der Waals surface area contributed by atoms with Crippen molar-refractivity contribution in [2.45, 2.75) is 37.0 Å². The molecule has 0 nitrogen and oxygen atoms in total. The SMILES string of the molecule is FC1(F)CCC2(c3ccc(Br)cc3)CC2C1. The van der Waals surface area contributed by atoms with Crippen LogP contribution in [-0.4, -0.2) is 5.92 Å². The second-order valence-corrected chi connectivity index (χ2v) is 6.04. The summed E-state index contributed by atoms with van der Waals surface area (Å²) in [5.74, 6) is -2.21. The highest BCUT2D eigenvalue weighted by molar-refractivity contribution is 9.10. The van der Waals surface area contributed by atoms with Crippen molar-refractivity contribution in [2.75, 3.05) is 0 Å². The summed E-state index contributed by atoms with van der Waals surface area (Å²) in [7, 11) is 0. The van der Waals surface area contributed by atoms with Crippen LogP contribution < -0.4 is 0 Å². The van der Waals surface area contributed by atoms with Crippen LogP contribution in [0, 0.1) is 5.92 Å². The lowest BCUT2D eigenvalue weighted by molar-refractivity contribution is -0.0407. The highest BCUT2D eigenvalue weighted by atomic mass is 79.9. The first-order valence-electron chi connectivity index (χ1n) is 5.66. The lowest BCUT2D eigenvalue weighted by Gasteiger charge is -2.28. The Balaban J connectivity index is 1.86. The number of halogens is 3. The minimum atomic E-state index is -2.42. The first kappa shape index (κ1) is 10.7. The summed E-state index contributed by atoms with van der Waals surface area (Å²) in [5, 5.41) is 0. The molecular formula is C13H13BrF2. The lowest BCUT2D eigenvalue weighted by Crippen LogP contribution is -2.27. The van der Waals surface area contributed by atoms with Crippen molar-refractivity contribution in [1.82, 2.24) is 0 Å². The summed E-state index contributed by atoms with van der Waals surface area (Å²) in [6.45, 7) is 0. The smallest absolute Gasteiger partial charge is 0.207 e. The molecule has 2 fully saturated rings. The molecule has 16 heavy (non-hydrogen) atoms. The zero-order valence-corrected chi connectivity index (χ0v) is 10.4. The van der Waals surface area contributed by atoms with Crippen molar-refractivity contribution in [2.24, 2.45) is 5.92 Å². The lowest BCUT2D eigenvalue weighted by atomic mass is 9.81. The summed E-state index contributed by atoms with van der Waals surface area (Å²) in [6.07, 6.45) is 1.74. The topological polar surface area (TPSA) is 0 Å². The van der Waals surface area contributed by atoms with E-state index in [0.29, 0.717) is 6.42 Å². The molecule has 0 saturated heterocycles. The standard InChI is InChI=1S/C13H13BrF2/c14-11-3-1-9(2-4-11)12-5-6-13(15,16)8-10(12)7-12/h1-4,10H,5-8H2. The normalized spacial score (nSPS) is 35.6. The summed E-state index contributed by atoms with van der Waals surface area (Å²) in [5.41, 5.74) is 1.33. The number of fused-ring (bicyclic) bond motifs is 1. The Labute approximate surface area is 102 Å². The van der Waals surface area contributed by atoms with Crippen molar-refractivity contribution in [1.29, 1.82) is 0 Å². The van der Waals surface area contributed by atoms with Gasteiger partial charge in [-0.3, -0.25) is 0 Å². The van der Waals surface area contributed by atoms with E-state index in [9.17, 15) is 8.78 Å². The fourth-order valence-corrected chi connectivity index (χ4v) is 3.37. The molecule has 0 radical (unpaired) electrons. The van der Waals surface area contributed by atoms with Crippen molar-refractivity contribution in [3.63, 3.8) is 0 Å². The molecule has 0 spiro atoms. The molecule has 0 N–H and O–H groups in total. The molecule has 0 heterocycles. The fourth-order valence-electron chi connectivity index (χ4n) is 3.10. The maximum Gasteiger partial charge on any atom is 0.248 e. The minimum absolute atomic E-state index is 0.0551. The first-order chi connectivity index (χ1) is 7.52. The van der Waals surface area contributed by atoms with Crippen LogP contribution in [0.2, 0.25) is 0 Å². The maximum absolute atomic E-state index is 13.2. The van der Waals surface area contributed by atoms with E-state index in [-0.39, 0.29) is 24.2 Å². The van der Waals surface area contributed by atoms with E-state index in [1.807, 2.05) is 12.1 Å². The zero-order valence-electron chi connectivity index (χ0n) is 8.85. The van der Waals surface area contributed by atoms with Crippen LogP contribution in [0.25, 0.3) is 0 Å². The van der Waals surface area contributed by atoms with Gasteiger partial charge in [-0.15, -0.1) is 0 Å². The van der Waals surface area contributed by atoms with Gasteiger partial charge in [0.15, 0.2) is 0 Å².